The largest absolute Gasteiger partial charge is 0.385 e. The smallest absolute Gasteiger partial charge is 0.0896 e. The zero-order valence-corrected chi connectivity index (χ0v) is 13.6. The summed E-state index contributed by atoms with van der Waals surface area (Å²) in [5, 5.41) is 10.9. The molecule has 0 aromatic heterocycles. The van der Waals surface area contributed by atoms with Gasteiger partial charge in [0.15, 0.2) is 0 Å². The van der Waals surface area contributed by atoms with E-state index in [1.54, 1.807) is 0 Å². The van der Waals surface area contributed by atoms with E-state index in [1.807, 2.05) is 6.92 Å². The minimum atomic E-state index is -0.687. The lowest BCUT2D eigenvalue weighted by Gasteiger charge is -2.40. The van der Waals surface area contributed by atoms with Gasteiger partial charge in [-0.3, -0.25) is 0 Å². The highest BCUT2D eigenvalue weighted by atomic mass is 127. The molecule has 1 aliphatic rings. The van der Waals surface area contributed by atoms with Crippen LogP contribution in [-0.2, 0) is 5.60 Å². The van der Waals surface area contributed by atoms with Gasteiger partial charge in [-0.05, 0) is 84.2 Å². The molecular weight excluding hydrogens is 335 g/mol. The SMILES string of the molecule is CC1CC(C)CC(C(C)(O)c2ccc(I)cc2)C1. The van der Waals surface area contributed by atoms with E-state index in [2.05, 4.69) is 60.7 Å². The first-order valence-corrected chi connectivity index (χ1v) is 7.96. The summed E-state index contributed by atoms with van der Waals surface area (Å²) in [6.07, 6.45) is 3.59. The lowest BCUT2D eigenvalue weighted by atomic mass is 9.68. The molecule has 0 spiro atoms. The third-order valence-electron chi connectivity index (χ3n) is 4.40. The number of hydrogen-bond donors (Lipinski definition) is 1. The van der Waals surface area contributed by atoms with Gasteiger partial charge in [0, 0.05) is 3.57 Å². The molecule has 1 saturated carbocycles. The van der Waals surface area contributed by atoms with Gasteiger partial charge in [-0.1, -0.05) is 26.0 Å². The van der Waals surface area contributed by atoms with Gasteiger partial charge in [0.25, 0.3) is 0 Å². The Labute approximate surface area is 124 Å². The van der Waals surface area contributed by atoms with Crippen LogP contribution in [0.2, 0.25) is 0 Å². The summed E-state index contributed by atoms with van der Waals surface area (Å²) in [5.74, 6) is 1.85. The Morgan fingerprint density at radius 2 is 1.56 bits per heavy atom. The summed E-state index contributed by atoms with van der Waals surface area (Å²) in [6, 6.07) is 8.32. The second-order valence-electron chi connectivity index (χ2n) is 6.27. The van der Waals surface area contributed by atoms with Crippen molar-refractivity contribution in [1.82, 2.24) is 0 Å². The lowest BCUT2D eigenvalue weighted by molar-refractivity contribution is -0.0387. The molecule has 2 heteroatoms. The maximum atomic E-state index is 10.9. The summed E-state index contributed by atoms with van der Waals surface area (Å²) in [4.78, 5) is 0. The molecule has 2 rings (SSSR count). The Kier molecular flexibility index (Phi) is 4.37. The molecule has 1 N–H and O–H groups in total. The van der Waals surface area contributed by atoms with Crippen molar-refractivity contribution in [2.45, 2.75) is 45.6 Å². The minimum absolute atomic E-state index is 0.385. The molecule has 0 saturated heterocycles. The molecule has 0 radical (unpaired) electrons. The van der Waals surface area contributed by atoms with E-state index >= 15 is 0 Å². The molecular formula is C16H23IO. The fourth-order valence-electron chi connectivity index (χ4n) is 3.43. The third kappa shape index (κ3) is 3.08. The first-order chi connectivity index (χ1) is 8.39. The summed E-state index contributed by atoms with van der Waals surface area (Å²) in [5.41, 5.74) is 0.377. The Hall–Kier alpha value is -0.0900. The van der Waals surface area contributed by atoms with E-state index in [0.29, 0.717) is 5.92 Å². The first-order valence-electron chi connectivity index (χ1n) is 6.88. The Balaban J connectivity index is 2.21. The topological polar surface area (TPSA) is 20.2 Å². The van der Waals surface area contributed by atoms with Crippen molar-refractivity contribution in [1.29, 1.82) is 0 Å². The molecule has 3 atom stereocenters. The van der Waals surface area contributed by atoms with Crippen LogP contribution in [0.4, 0.5) is 0 Å². The monoisotopic (exact) mass is 358 g/mol. The molecule has 0 aliphatic heterocycles. The van der Waals surface area contributed by atoms with Crippen LogP contribution < -0.4 is 0 Å². The molecule has 1 aromatic rings. The van der Waals surface area contributed by atoms with E-state index in [9.17, 15) is 5.11 Å². The first kappa shape index (κ1) is 14.3. The van der Waals surface area contributed by atoms with E-state index in [4.69, 9.17) is 0 Å². The van der Waals surface area contributed by atoms with Crippen LogP contribution in [0.5, 0.6) is 0 Å². The van der Waals surface area contributed by atoms with Gasteiger partial charge >= 0.3 is 0 Å². The highest BCUT2D eigenvalue weighted by molar-refractivity contribution is 14.1. The van der Waals surface area contributed by atoms with Crippen LogP contribution in [0, 0.1) is 21.3 Å². The summed E-state index contributed by atoms with van der Waals surface area (Å²) < 4.78 is 1.22. The van der Waals surface area contributed by atoms with Gasteiger partial charge in [0.2, 0.25) is 0 Å². The van der Waals surface area contributed by atoms with Gasteiger partial charge in [0.1, 0.15) is 0 Å². The van der Waals surface area contributed by atoms with Crippen molar-refractivity contribution in [3.8, 4) is 0 Å². The average Bonchev–Trinajstić information content (AvgIpc) is 2.28. The van der Waals surface area contributed by atoms with Crippen molar-refractivity contribution >= 4 is 22.6 Å². The maximum absolute atomic E-state index is 10.9. The maximum Gasteiger partial charge on any atom is 0.0896 e. The summed E-state index contributed by atoms with van der Waals surface area (Å²) in [6.45, 7) is 6.62. The van der Waals surface area contributed by atoms with E-state index in [-0.39, 0.29) is 0 Å². The van der Waals surface area contributed by atoms with Crippen molar-refractivity contribution in [3.63, 3.8) is 0 Å². The Morgan fingerprint density at radius 3 is 2.06 bits per heavy atom. The molecule has 0 amide bonds. The van der Waals surface area contributed by atoms with E-state index in [0.717, 1.165) is 30.2 Å². The number of halogens is 1. The quantitative estimate of drug-likeness (QED) is 0.768. The minimum Gasteiger partial charge on any atom is -0.385 e. The van der Waals surface area contributed by atoms with E-state index < -0.39 is 5.60 Å². The summed E-state index contributed by atoms with van der Waals surface area (Å²) in [7, 11) is 0. The number of hydrogen-bond acceptors (Lipinski definition) is 1. The fraction of sp³-hybridized carbons (Fsp3) is 0.625. The zero-order chi connectivity index (χ0) is 13.3. The second-order valence-corrected chi connectivity index (χ2v) is 7.51. The summed E-state index contributed by atoms with van der Waals surface area (Å²) >= 11 is 2.30. The second kappa shape index (κ2) is 5.49. The van der Waals surface area contributed by atoms with Crippen LogP contribution in [0.15, 0.2) is 24.3 Å². The number of benzene rings is 1. The van der Waals surface area contributed by atoms with Crippen molar-refractivity contribution < 1.29 is 5.11 Å². The predicted molar refractivity (Wildman–Crippen MR) is 84.4 cm³/mol. The van der Waals surface area contributed by atoms with Crippen LogP contribution in [-0.4, -0.2) is 5.11 Å². The van der Waals surface area contributed by atoms with Gasteiger partial charge in [0.05, 0.1) is 5.60 Å². The molecule has 1 nitrogen and oxygen atoms in total. The highest BCUT2D eigenvalue weighted by Crippen LogP contribution is 2.43. The zero-order valence-electron chi connectivity index (χ0n) is 11.5. The molecule has 1 aliphatic carbocycles. The lowest BCUT2D eigenvalue weighted by Crippen LogP contribution is -2.37. The normalized spacial score (nSPS) is 31.9. The number of rotatable bonds is 2. The molecule has 0 bridgehead atoms. The third-order valence-corrected chi connectivity index (χ3v) is 5.12. The van der Waals surface area contributed by atoms with Crippen LogP contribution in [0.1, 0.15) is 45.6 Å². The van der Waals surface area contributed by atoms with Gasteiger partial charge in [-0.15, -0.1) is 0 Å². The fourth-order valence-corrected chi connectivity index (χ4v) is 3.79. The van der Waals surface area contributed by atoms with Gasteiger partial charge in [-0.25, -0.2) is 0 Å². The molecule has 100 valence electrons. The van der Waals surface area contributed by atoms with Crippen molar-refractivity contribution in [2.75, 3.05) is 0 Å². The molecule has 18 heavy (non-hydrogen) atoms. The Morgan fingerprint density at radius 1 is 1.06 bits per heavy atom. The van der Waals surface area contributed by atoms with Crippen LogP contribution in [0.3, 0.4) is 0 Å². The number of aliphatic hydroxyl groups is 1. The molecule has 1 fully saturated rings. The average molecular weight is 358 g/mol. The molecule has 3 unspecified atom stereocenters. The Bertz CT molecular complexity index is 386. The molecule has 1 aromatic carbocycles. The predicted octanol–water partition coefficient (Wildman–Crippen LogP) is 4.57. The highest BCUT2D eigenvalue weighted by Gasteiger charge is 2.38. The van der Waals surface area contributed by atoms with Crippen LogP contribution in [0.25, 0.3) is 0 Å². The van der Waals surface area contributed by atoms with Crippen molar-refractivity contribution in [3.05, 3.63) is 33.4 Å². The van der Waals surface area contributed by atoms with Gasteiger partial charge < -0.3 is 5.11 Å². The standard InChI is InChI=1S/C16H23IO/c1-11-8-12(2)10-14(9-11)16(3,18)13-4-6-15(17)7-5-13/h4-7,11-12,14,18H,8-10H2,1-3H3. The molecule has 0 heterocycles. The van der Waals surface area contributed by atoms with Crippen LogP contribution >= 0.6 is 22.6 Å². The van der Waals surface area contributed by atoms with Crippen molar-refractivity contribution in [2.24, 2.45) is 17.8 Å². The van der Waals surface area contributed by atoms with Gasteiger partial charge in [-0.2, -0.15) is 0 Å². The van der Waals surface area contributed by atoms with E-state index in [1.165, 1.54) is 9.99 Å².